The van der Waals surface area contributed by atoms with Crippen molar-refractivity contribution >= 4 is 11.8 Å². The van der Waals surface area contributed by atoms with E-state index in [2.05, 4.69) is 15.5 Å². The zero-order valence-electron chi connectivity index (χ0n) is 14.3. The van der Waals surface area contributed by atoms with Gasteiger partial charge in [-0.25, -0.2) is 0 Å². The molecule has 132 valence electrons. The number of amides is 2. The van der Waals surface area contributed by atoms with Gasteiger partial charge in [-0.1, -0.05) is 37.3 Å². The highest BCUT2D eigenvalue weighted by Crippen LogP contribution is 2.13. The number of nitrogens with two attached hydrogens (primary N) is 1. The molecule has 4 N–H and O–H groups in total. The topological polar surface area (TPSA) is 87.5 Å². The van der Waals surface area contributed by atoms with Gasteiger partial charge in [0, 0.05) is 25.7 Å². The Labute approximate surface area is 143 Å². The van der Waals surface area contributed by atoms with E-state index in [1.54, 1.807) is 0 Å². The van der Waals surface area contributed by atoms with E-state index in [-0.39, 0.29) is 17.9 Å². The Bertz CT molecular complexity index is 527. The van der Waals surface area contributed by atoms with Gasteiger partial charge in [-0.05, 0) is 24.8 Å². The number of rotatable bonds is 7. The average Bonchev–Trinajstić information content (AvgIpc) is 2.61. The van der Waals surface area contributed by atoms with Gasteiger partial charge in [-0.15, -0.1) is 0 Å². The molecule has 1 fully saturated rings. The third-order valence-electron chi connectivity index (χ3n) is 4.31. The fourth-order valence-corrected chi connectivity index (χ4v) is 2.86. The van der Waals surface area contributed by atoms with Crippen LogP contribution in [-0.4, -0.2) is 48.9 Å². The Morgan fingerprint density at radius 1 is 1.25 bits per heavy atom. The summed E-state index contributed by atoms with van der Waals surface area (Å²) in [7, 11) is 0. The van der Waals surface area contributed by atoms with Crippen LogP contribution < -0.4 is 16.4 Å². The number of piperidine rings is 1. The molecule has 1 aliphatic rings. The van der Waals surface area contributed by atoms with Gasteiger partial charge >= 0.3 is 0 Å². The molecule has 1 aromatic rings. The van der Waals surface area contributed by atoms with Crippen LogP contribution in [0.25, 0.3) is 0 Å². The summed E-state index contributed by atoms with van der Waals surface area (Å²) in [5.74, 6) is -0.0641. The van der Waals surface area contributed by atoms with Gasteiger partial charge < -0.3 is 16.4 Å². The molecule has 0 bridgehead atoms. The number of likely N-dealkylation sites (tertiary alicyclic amines) is 1. The summed E-state index contributed by atoms with van der Waals surface area (Å²) in [5.41, 5.74) is 6.84. The lowest BCUT2D eigenvalue weighted by Gasteiger charge is -2.32. The van der Waals surface area contributed by atoms with Crippen LogP contribution in [0.3, 0.4) is 0 Å². The minimum atomic E-state index is -0.635. The SMILES string of the molecule is CCCNC(=O)CN1CCC(NC(=O)C(N)c2ccccc2)CC1. The molecule has 1 saturated heterocycles. The Morgan fingerprint density at radius 3 is 2.54 bits per heavy atom. The van der Waals surface area contributed by atoms with E-state index in [1.165, 1.54) is 0 Å². The third-order valence-corrected chi connectivity index (χ3v) is 4.31. The first-order valence-electron chi connectivity index (χ1n) is 8.70. The second kappa shape index (κ2) is 9.39. The molecular weight excluding hydrogens is 304 g/mol. The Hall–Kier alpha value is -1.92. The molecule has 1 heterocycles. The van der Waals surface area contributed by atoms with Crippen molar-refractivity contribution in [3.63, 3.8) is 0 Å². The van der Waals surface area contributed by atoms with Crippen LogP contribution in [0.15, 0.2) is 30.3 Å². The fourth-order valence-electron chi connectivity index (χ4n) is 2.86. The number of carbonyl (C=O) groups is 2. The average molecular weight is 332 g/mol. The lowest BCUT2D eigenvalue weighted by Crippen LogP contribution is -2.49. The Balaban J connectivity index is 1.72. The molecule has 1 unspecified atom stereocenters. The van der Waals surface area contributed by atoms with Crippen LogP contribution in [-0.2, 0) is 9.59 Å². The zero-order chi connectivity index (χ0) is 17.4. The monoisotopic (exact) mass is 332 g/mol. The van der Waals surface area contributed by atoms with Crippen LogP contribution in [0.4, 0.5) is 0 Å². The van der Waals surface area contributed by atoms with E-state index in [1.807, 2.05) is 37.3 Å². The highest BCUT2D eigenvalue weighted by molar-refractivity contribution is 5.83. The number of carbonyl (C=O) groups excluding carboxylic acids is 2. The van der Waals surface area contributed by atoms with Crippen molar-refractivity contribution in [3.8, 4) is 0 Å². The second-order valence-electron chi connectivity index (χ2n) is 6.30. The Morgan fingerprint density at radius 2 is 1.92 bits per heavy atom. The van der Waals surface area contributed by atoms with Crippen LogP contribution in [0.2, 0.25) is 0 Å². The second-order valence-corrected chi connectivity index (χ2v) is 6.30. The molecule has 1 atom stereocenters. The van der Waals surface area contributed by atoms with Gasteiger partial charge in [0.2, 0.25) is 11.8 Å². The summed E-state index contributed by atoms with van der Waals surface area (Å²) in [6.45, 7) is 4.82. The number of nitrogens with zero attached hydrogens (tertiary/aromatic N) is 1. The van der Waals surface area contributed by atoms with Gasteiger partial charge in [0.1, 0.15) is 6.04 Å². The number of benzene rings is 1. The lowest BCUT2D eigenvalue weighted by atomic mass is 10.0. The first kappa shape index (κ1) is 18.4. The molecular formula is C18H28N4O2. The van der Waals surface area contributed by atoms with Crippen molar-refractivity contribution in [2.45, 2.75) is 38.3 Å². The summed E-state index contributed by atoms with van der Waals surface area (Å²) in [6.07, 6.45) is 2.63. The lowest BCUT2D eigenvalue weighted by molar-refractivity contribution is -0.125. The van der Waals surface area contributed by atoms with Crippen molar-refractivity contribution in [1.82, 2.24) is 15.5 Å². The first-order valence-corrected chi connectivity index (χ1v) is 8.70. The van der Waals surface area contributed by atoms with E-state index in [4.69, 9.17) is 5.73 Å². The first-order chi connectivity index (χ1) is 11.6. The molecule has 0 radical (unpaired) electrons. The molecule has 6 nitrogen and oxygen atoms in total. The molecule has 0 aliphatic carbocycles. The number of nitrogens with one attached hydrogen (secondary N) is 2. The van der Waals surface area contributed by atoms with Gasteiger partial charge in [0.15, 0.2) is 0 Å². The normalized spacial score (nSPS) is 17.2. The summed E-state index contributed by atoms with van der Waals surface area (Å²) in [6, 6.07) is 8.88. The van der Waals surface area contributed by atoms with E-state index < -0.39 is 6.04 Å². The largest absolute Gasteiger partial charge is 0.355 e. The van der Waals surface area contributed by atoms with Crippen molar-refractivity contribution in [3.05, 3.63) is 35.9 Å². The third kappa shape index (κ3) is 5.62. The molecule has 1 aromatic carbocycles. The molecule has 1 aliphatic heterocycles. The van der Waals surface area contributed by atoms with Crippen LogP contribution in [0.1, 0.15) is 37.8 Å². The summed E-state index contributed by atoms with van der Waals surface area (Å²) < 4.78 is 0. The Kier molecular flexibility index (Phi) is 7.21. The fraction of sp³-hybridized carbons (Fsp3) is 0.556. The van der Waals surface area contributed by atoms with Crippen molar-refractivity contribution in [2.24, 2.45) is 5.73 Å². The van der Waals surface area contributed by atoms with Crippen LogP contribution in [0.5, 0.6) is 0 Å². The van der Waals surface area contributed by atoms with Gasteiger partial charge in [0.25, 0.3) is 0 Å². The van der Waals surface area contributed by atoms with Crippen molar-refractivity contribution in [1.29, 1.82) is 0 Å². The van der Waals surface area contributed by atoms with E-state index in [0.717, 1.165) is 44.5 Å². The molecule has 0 spiro atoms. The summed E-state index contributed by atoms with van der Waals surface area (Å²) in [5, 5.41) is 5.92. The summed E-state index contributed by atoms with van der Waals surface area (Å²) >= 11 is 0. The molecule has 2 amide bonds. The maximum Gasteiger partial charge on any atom is 0.241 e. The van der Waals surface area contributed by atoms with Gasteiger partial charge in [0.05, 0.1) is 6.54 Å². The van der Waals surface area contributed by atoms with Crippen LogP contribution in [0, 0.1) is 0 Å². The van der Waals surface area contributed by atoms with Gasteiger partial charge in [-0.2, -0.15) is 0 Å². The predicted octanol–water partition coefficient (Wildman–Crippen LogP) is 0.793. The van der Waals surface area contributed by atoms with E-state index in [0.29, 0.717) is 6.54 Å². The molecule has 6 heteroatoms. The molecule has 2 rings (SSSR count). The highest BCUT2D eigenvalue weighted by atomic mass is 16.2. The van der Waals surface area contributed by atoms with E-state index >= 15 is 0 Å². The molecule has 0 saturated carbocycles. The summed E-state index contributed by atoms with van der Waals surface area (Å²) in [4.78, 5) is 26.1. The smallest absolute Gasteiger partial charge is 0.241 e. The van der Waals surface area contributed by atoms with Crippen LogP contribution >= 0.6 is 0 Å². The quantitative estimate of drug-likeness (QED) is 0.689. The number of hydrogen-bond acceptors (Lipinski definition) is 4. The van der Waals surface area contributed by atoms with Crippen molar-refractivity contribution < 1.29 is 9.59 Å². The maximum absolute atomic E-state index is 12.3. The van der Waals surface area contributed by atoms with Crippen molar-refractivity contribution in [2.75, 3.05) is 26.2 Å². The minimum absolute atomic E-state index is 0.0745. The van der Waals surface area contributed by atoms with Gasteiger partial charge in [-0.3, -0.25) is 14.5 Å². The molecule has 0 aromatic heterocycles. The zero-order valence-corrected chi connectivity index (χ0v) is 14.3. The number of hydrogen-bond donors (Lipinski definition) is 3. The molecule has 24 heavy (non-hydrogen) atoms. The highest BCUT2D eigenvalue weighted by Gasteiger charge is 2.24. The minimum Gasteiger partial charge on any atom is -0.355 e. The maximum atomic E-state index is 12.3. The standard InChI is InChI=1S/C18H28N4O2/c1-2-10-20-16(23)13-22-11-8-15(9-12-22)21-18(24)17(19)14-6-4-3-5-7-14/h3-7,15,17H,2,8-13,19H2,1H3,(H,20,23)(H,21,24). The van der Waals surface area contributed by atoms with E-state index in [9.17, 15) is 9.59 Å². The predicted molar refractivity (Wildman–Crippen MR) is 94.3 cm³/mol.